The van der Waals surface area contributed by atoms with E-state index < -0.39 is 69.3 Å². The maximum atomic E-state index is 14.9. The Labute approximate surface area is 511 Å². The van der Waals surface area contributed by atoms with Gasteiger partial charge in [-0.1, -0.05) is 97.1 Å². The van der Waals surface area contributed by atoms with Crippen molar-refractivity contribution in [2.45, 2.75) is 0 Å². The van der Waals surface area contributed by atoms with Crippen LogP contribution in [-0.4, -0.2) is 0 Å². The van der Waals surface area contributed by atoms with Crippen molar-refractivity contribution >= 4 is 43.1 Å². The number of hydrogen-bond acceptors (Lipinski definition) is 4. The molecule has 18 rings (SSSR count). The first-order valence-electron chi connectivity index (χ1n) is 28.5. The molecule has 0 aliphatic carbocycles. The molecule has 0 saturated carbocycles. The van der Waals surface area contributed by atoms with Crippen LogP contribution in [-0.2, 0) is 0 Å². The SMILES string of the molecule is Fc1c(F)c(F)c(-c2ccc3c(c2)-c2c4ccccc4c4c5c(ccc(c25)O3)Oc2ccc(-c3c(F)c(F)c(F)c(F)c3F)cc2-4)c(F)c1F.Fc1ccc(-c2ccc3c(c2)-c2c4ccccc4c4c5c(ccc(c25)O3)Oc2ccc(-c3ccc(F)cc3)cc2-4)cc1. The van der Waals surface area contributed by atoms with Crippen molar-refractivity contribution in [3.05, 3.63) is 264 Å². The zero-order valence-electron chi connectivity index (χ0n) is 46.6. The molecule has 444 valence electrons. The Morgan fingerprint density at radius 2 is 0.402 bits per heavy atom. The second kappa shape index (κ2) is 20.0. The molecule has 0 bridgehead atoms. The van der Waals surface area contributed by atoms with Gasteiger partial charge in [0, 0.05) is 66.1 Å². The van der Waals surface area contributed by atoms with Crippen molar-refractivity contribution in [1.29, 1.82) is 0 Å². The van der Waals surface area contributed by atoms with Gasteiger partial charge in [-0.25, -0.2) is 52.7 Å². The van der Waals surface area contributed by atoms with E-state index in [1.165, 1.54) is 48.5 Å². The van der Waals surface area contributed by atoms with Gasteiger partial charge in [-0.05, 0) is 152 Å². The highest BCUT2D eigenvalue weighted by atomic mass is 19.2. The van der Waals surface area contributed by atoms with Crippen LogP contribution in [0.3, 0.4) is 0 Å². The second-order valence-corrected chi connectivity index (χ2v) is 22.4. The van der Waals surface area contributed by atoms with Crippen LogP contribution >= 0.6 is 0 Å². The second-order valence-electron chi connectivity index (χ2n) is 22.4. The summed E-state index contributed by atoms with van der Waals surface area (Å²) in [4.78, 5) is 0. The summed E-state index contributed by atoms with van der Waals surface area (Å²) in [5, 5.41) is 6.07. The zero-order chi connectivity index (χ0) is 62.9. The molecule has 0 aromatic heterocycles. The van der Waals surface area contributed by atoms with Crippen molar-refractivity contribution in [1.82, 2.24) is 0 Å². The largest absolute Gasteiger partial charge is 0.456 e. The van der Waals surface area contributed by atoms with Gasteiger partial charge in [0.15, 0.2) is 46.5 Å². The van der Waals surface area contributed by atoms with Crippen LogP contribution in [0.15, 0.2) is 194 Å². The van der Waals surface area contributed by atoms with Gasteiger partial charge in [0.1, 0.15) is 57.6 Å². The van der Waals surface area contributed by atoms with Crippen LogP contribution in [0.25, 0.3) is 132 Å². The number of rotatable bonds is 4. The summed E-state index contributed by atoms with van der Waals surface area (Å²) in [5.74, 6) is -17.5. The van der Waals surface area contributed by atoms with Gasteiger partial charge >= 0.3 is 0 Å². The molecular weight excluding hydrogens is 1200 g/mol. The van der Waals surface area contributed by atoms with Crippen LogP contribution in [0.4, 0.5) is 52.7 Å². The third-order valence-corrected chi connectivity index (χ3v) is 17.4. The van der Waals surface area contributed by atoms with E-state index in [0.717, 1.165) is 101 Å². The Kier molecular flexibility index (Phi) is 11.9. The lowest BCUT2D eigenvalue weighted by molar-refractivity contribution is 0.381. The molecule has 4 nitrogen and oxygen atoms in total. The smallest absolute Gasteiger partial charge is 0.200 e. The highest BCUT2D eigenvalue weighted by molar-refractivity contribution is 6.28. The van der Waals surface area contributed by atoms with Gasteiger partial charge in [0.2, 0.25) is 11.6 Å². The van der Waals surface area contributed by atoms with Gasteiger partial charge in [0.05, 0.1) is 11.1 Å². The Hall–Kier alpha value is -11.5. The minimum Gasteiger partial charge on any atom is -0.456 e. The number of fused-ring (bicyclic) bond motifs is 14. The average Bonchev–Trinajstić information content (AvgIpc) is 0.704. The third kappa shape index (κ3) is 7.88. The summed E-state index contributed by atoms with van der Waals surface area (Å²) in [6, 6.07) is 55.3. The summed E-state index contributed by atoms with van der Waals surface area (Å²) in [5.41, 5.74) is 6.41. The van der Waals surface area contributed by atoms with Crippen molar-refractivity contribution in [2.24, 2.45) is 0 Å². The normalized spacial score (nSPS) is 12.5. The van der Waals surface area contributed by atoms with E-state index in [0.29, 0.717) is 44.2 Å². The van der Waals surface area contributed by atoms with Crippen molar-refractivity contribution in [3.63, 3.8) is 0 Å². The fourth-order valence-electron chi connectivity index (χ4n) is 13.4. The van der Waals surface area contributed by atoms with Gasteiger partial charge in [-0.2, -0.15) is 0 Å². The van der Waals surface area contributed by atoms with Gasteiger partial charge in [-0.3, -0.25) is 0 Å². The third-order valence-electron chi connectivity index (χ3n) is 17.4. The van der Waals surface area contributed by atoms with Crippen LogP contribution < -0.4 is 18.9 Å². The van der Waals surface area contributed by atoms with Crippen molar-refractivity contribution in [3.8, 4) is 135 Å². The molecule has 0 radical (unpaired) electrons. The maximum absolute atomic E-state index is 14.9. The molecule has 14 aromatic rings. The fourth-order valence-corrected chi connectivity index (χ4v) is 13.4. The van der Waals surface area contributed by atoms with Crippen LogP contribution in [0.1, 0.15) is 0 Å². The number of benzene rings is 14. The average molecular weight is 1240 g/mol. The number of halogens is 12. The minimum absolute atomic E-state index is 0.198. The summed E-state index contributed by atoms with van der Waals surface area (Å²) in [6.45, 7) is 0. The summed E-state index contributed by atoms with van der Waals surface area (Å²) in [7, 11) is 0. The number of ether oxygens (including phenoxy) is 4. The molecule has 0 amide bonds. The molecule has 0 N–H and O–H groups in total. The first-order chi connectivity index (χ1) is 44.6. The standard InChI is InChI=1S/C38H12F10O2.C38H20F2O2/c39-29-23(30(40)34(44)37(47)33(29)43)13-5-7-19-17(11-13)25-15-3-1-2-4-16(15)26-18-12-14(24-31(41)35(45)38(48)36(46)32(24)42)6-8-20(18)50-22-10-9-21(49-19)27(25)28(22)26;39-25-11-5-21(6-12-25)23-9-15-31-29(19-23)35-27-3-1-2-4-28(27)36-30-20-24(22-7-13-26(40)14-8-22)10-16-32(30)42-34-18-17-33(41-31)37(35)38(34)36/h1-12H;1-20H. The molecule has 0 unspecified atom stereocenters. The summed E-state index contributed by atoms with van der Waals surface area (Å²) >= 11 is 0. The molecule has 16 heteroatoms. The molecular formula is C76H32F12O4. The Morgan fingerprint density at radius 1 is 0.185 bits per heavy atom. The molecule has 4 aliphatic heterocycles. The quantitative estimate of drug-likeness (QED) is 0.0762. The molecule has 0 spiro atoms. The van der Waals surface area contributed by atoms with E-state index in [2.05, 4.69) is 36.4 Å². The highest BCUT2D eigenvalue weighted by Crippen LogP contribution is 2.61. The molecule has 0 atom stereocenters. The van der Waals surface area contributed by atoms with Gasteiger partial charge in [0.25, 0.3) is 0 Å². The first-order valence-corrected chi connectivity index (χ1v) is 28.5. The predicted molar refractivity (Wildman–Crippen MR) is 326 cm³/mol. The lowest BCUT2D eigenvalue weighted by Crippen LogP contribution is -2.06. The van der Waals surface area contributed by atoms with Crippen molar-refractivity contribution in [2.75, 3.05) is 0 Å². The Balaban J connectivity index is 0.000000143. The Bertz CT molecular complexity index is 5270. The molecule has 14 aromatic carbocycles. The van der Waals surface area contributed by atoms with Gasteiger partial charge in [-0.15, -0.1) is 0 Å². The van der Waals surface area contributed by atoms with Crippen LogP contribution in [0.5, 0.6) is 46.0 Å². The predicted octanol–water partition coefficient (Wildman–Crippen LogP) is 23.4. The highest BCUT2D eigenvalue weighted by Gasteiger charge is 2.36. The lowest BCUT2D eigenvalue weighted by Gasteiger charge is -2.29. The molecule has 92 heavy (non-hydrogen) atoms. The van der Waals surface area contributed by atoms with E-state index >= 15 is 0 Å². The van der Waals surface area contributed by atoms with Crippen LogP contribution in [0, 0.1) is 69.8 Å². The monoisotopic (exact) mass is 1240 g/mol. The Morgan fingerprint density at radius 3 is 0.674 bits per heavy atom. The zero-order valence-corrected chi connectivity index (χ0v) is 46.6. The van der Waals surface area contributed by atoms with E-state index in [4.69, 9.17) is 18.9 Å². The molecule has 0 fully saturated rings. The maximum Gasteiger partial charge on any atom is 0.200 e. The molecule has 4 aliphatic rings. The van der Waals surface area contributed by atoms with Crippen LogP contribution in [0.2, 0.25) is 0 Å². The first kappa shape index (κ1) is 54.6. The topological polar surface area (TPSA) is 36.9 Å². The summed E-state index contributed by atoms with van der Waals surface area (Å²) in [6.07, 6.45) is 0. The lowest BCUT2D eigenvalue weighted by atomic mass is 9.82. The van der Waals surface area contributed by atoms with E-state index in [1.807, 2.05) is 36.4 Å². The van der Waals surface area contributed by atoms with E-state index in [1.54, 1.807) is 60.7 Å². The minimum atomic E-state index is -2.30. The van der Waals surface area contributed by atoms with Gasteiger partial charge < -0.3 is 18.9 Å². The van der Waals surface area contributed by atoms with E-state index in [-0.39, 0.29) is 45.4 Å². The molecule has 0 saturated heterocycles. The summed E-state index contributed by atoms with van der Waals surface area (Å²) < 4.78 is 197. The number of hydrogen-bond donors (Lipinski definition) is 0. The fraction of sp³-hybridized carbons (Fsp3) is 0. The van der Waals surface area contributed by atoms with Crippen molar-refractivity contribution < 1.29 is 71.6 Å². The molecule has 4 heterocycles. The van der Waals surface area contributed by atoms with E-state index in [9.17, 15) is 52.7 Å².